The van der Waals surface area contributed by atoms with Crippen molar-refractivity contribution in [3.63, 3.8) is 0 Å². The van der Waals surface area contributed by atoms with E-state index in [2.05, 4.69) is 10.3 Å². The summed E-state index contributed by atoms with van der Waals surface area (Å²) in [6, 6.07) is 0. The van der Waals surface area contributed by atoms with Crippen molar-refractivity contribution >= 4 is 9.84 Å². The van der Waals surface area contributed by atoms with Gasteiger partial charge < -0.3 is 5.11 Å². The predicted molar refractivity (Wildman–Crippen MR) is 64.2 cm³/mol. The molecule has 0 bridgehead atoms. The summed E-state index contributed by atoms with van der Waals surface area (Å²) in [7, 11) is -3.07. The van der Waals surface area contributed by atoms with E-state index < -0.39 is 15.4 Å². The van der Waals surface area contributed by atoms with Gasteiger partial charge in [-0.05, 0) is 27.7 Å². The average molecular weight is 261 g/mol. The number of aromatic nitrogens is 3. The van der Waals surface area contributed by atoms with Crippen LogP contribution in [-0.2, 0) is 22.0 Å². The lowest BCUT2D eigenvalue weighted by molar-refractivity contribution is 0.0737. The van der Waals surface area contributed by atoms with Gasteiger partial charge in [-0.2, -0.15) is 0 Å². The molecule has 0 saturated carbocycles. The maximum atomic E-state index is 11.6. The van der Waals surface area contributed by atoms with Gasteiger partial charge in [0.05, 0.1) is 23.7 Å². The molecule has 0 radical (unpaired) electrons. The molecule has 0 unspecified atom stereocenters. The third-order valence-electron chi connectivity index (χ3n) is 2.49. The molecule has 6 nitrogen and oxygen atoms in total. The first-order chi connectivity index (χ1) is 7.63. The molecular weight excluding hydrogens is 242 g/mol. The molecule has 0 fully saturated rings. The molecule has 0 aliphatic rings. The monoisotopic (exact) mass is 261 g/mol. The quantitative estimate of drug-likeness (QED) is 0.825. The fraction of sp³-hybridized carbons (Fsp3) is 0.800. The summed E-state index contributed by atoms with van der Waals surface area (Å²) in [5.74, 6) is 0.0271. The van der Waals surface area contributed by atoms with Gasteiger partial charge in [0.15, 0.2) is 9.84 Å². The molecule has 0 aromatic carbocycles. The molecule has 1 aromatic rings. The van der Waals surface area contributed by atoms with Gasteiger partial charge in [-0.3, -0.25) is 4.68 Å². The zero-order valence-corrected chi connectivity index (χ0v) is 11.4. The van der Waals surface area contributed by atoms with E-state index in [1.165, 1.54) is 4.68 Å². The van der Waals surface area contributed by atoms with Crippen LogP contribution in [0.1, 0.15) is 33.4 Å². The predicted octanol–water partition coefficient (Wildman–Crippen LogP) is 0.329. The molecule has 98 valence electrons. The molecule has 1 rings (SSSR count). The smallest absolute Gasteiger partial charge is 0.154 e. The van der Waals surface area contributed by atoms with E-state index in [-0.39, 0.29) is 17.5 Å². The SMILES string of the molecule is CC(C)S(=O)(=O)CCn1cc(C(C)(C)O)nn1. The van der Waals surface area contributed by atoms with Crippen molar-refractivity contribution in [2.75, 3.05) is 5.75 Å². The van der Waals surface area contributed by atoms with Crippen molar-refractivity contribution in [3.8, 4) is 0 Å². The summed E-state index contributed by atoms with van der Waals surface area (Å²) in [6.45, 7) is 6.76. The molecule has 0 amide bonds. The molecule has 1 N–H and O–H groups in total. The third-order valence-corrected chi connectivity index (χ3v) is 4.68. The van der Waals surface area contributed by atoms with E-state index in [0.29, 0.717) is 5.69 Å². The van der Waals surface area contributed by atoms with Gasteiger partial charge in [-0.1, -0.05) is 5.21 Å². The van der Waals surface area contributed by atoms with Crippen molar-refractivity contribution in [2.24, 2.45) is 0 Å². The largest absolute Gasteiger partial charge is 0.384 e. The summed E-state index contributed by atoms with van der Waals surface area (Å²) in [5, 5.41) is 16.9. The number of nitrogens with zero attached hydrogens (tertiary/aromatic N) is 3. The number of aliphatic hydroxyl groups is 1. The van der Waals surface area contributed by atoms with Crippen LogP contribution in [0.15, 0.2) is 6.20 Å². The number of rotatable bonds is 5. The van der Waals surface area contributed by atoms with Gasteiger partial charge in [0.1, 0.15) is 11.3 Å². The lowest BCUT2D eigenvalue weighted by atomic mass is 10.1. The van der Waals surface area contributed by atoms with Crippen LogP contribution in [-0.4, -0.2) is 39.5 Å². The van der Waals surface area contributed by atoms with E-state index >= 15 is 0 Å². The zero-order chi connectivity index (χ0) is 13.3. The number of aryl methyl sites for hydroxylation is 1. The maximum absolute atomic E-state index is 11.6. The van der Waals surface area contributed by atoms with Crippen LogP contribution in [0, 0.1) is 0 Å². The highest BCUT2D eigenvalue weighted by atomic mass is 32.2. The minimum Gasteiger partial charge on any atom is -0.384 e. The van der Waals surface area contributed by atoms with Crippen molar-refractivity contribution in [2.45, 2.75) is 45.1 Å². The Morgan fingerprint density at radius 1 is 1.47 bits per heavy atom. The summed E-state index contributed by atoms with van der Waals surface area (Å²) in [6.07, 6.45) is 1.57. The third kappa shape index (κ3) is 3.78. The summed E-state index contributed by atoms with van der Waals surface area (Å²) < 4.78 is 24.6. The number of sulfone groups is 1. The second kappa shape index (κ2) is 4.73. The Bertz CT molecular complexity index is 471. The van der Waals surface area contributed by atoms with Crippen LogP contribution >= 0.6 is 0 Å². The van der Waals surface area contributed by atoms with Crippen molar-refractivity contribution in [1.82, 2.24) is 15.0 Å². The molecule has 7 heteroatoms. The number of hydrogen-bond acceptors (Lipinski definition) is 5. The first-order valence-electron chi connectivity index (χ1n) is 5.47. The first-order valence-corrected chi connectivity index (χ1v) is 7.19. The molecule has 1 heterocycles. The van der Waals surface area contributed by atoms with E-state index in [1.807, 2.05) is 0 Å². The normalized spacial score (nSPS) is 13.3. The van der Waals surface area contributed by atoms with Crippen LogP contribution in [0.5, 0.6) is 0 Å². The molecule has 0 aliphatic carbocycles. The molecule has 0 saturated heterocycles. The van der Waals surface area contributed by atoms with Crippen molar-refractivity contribution in [3.05, 3.63) is 11.9 Å². The maximum Gasteiger partial charge on any atom is 0.154 e. The Kier molecular flexibility index (Phi) is 3.93. The van der Waals surface area contributed by atoms with Crippen LogP contribution < -0.4 is 0 Å². The van der Waals surface area contributed by atoms with E-state index in [1.54, 1.807) is 33.9 Å². The fourth-order valence-electron chi connectivity index (χ4n) is 1.14. The van der Waals surface area contributed by atoms with E-state index in [4.69, 9.17) is 0 Å². The standard InChI is InChI=1S/C10H19N3O3S/c1-8(2)17(15,16)6-5-13-7-9(11-12-13)10(3,4)14/h7-8,14H,5-6H2,1-4H3. The van der Waals surface area contributed by atoms with E-state index in [0.717, 1.165) is 0 Å². The fourth-order valence-corrected chi connectivity index (χ4v) is 2.06. The highest BCUT2D eigenvalue weighted by molar-refractivity contribution is 7.91. The molecule has 1 aromatic heterocycles. The van der Waals surface area contributed by atoms with Crippen LogP contribution in [0.2, 0.25) is 0 Å². The summed E-state index contributed by atoms with van der Waals surface area (Å²) in [5.41, 5.74) is -0.630. The van der Waals surface area contributed by atoms with Gasteiger partial charge in [-0.15, -0.1) is 5.10 Å². The Labute approximate surface area is 102 Å². The van der Waals surface area contributed by atoms with Crippen LogP contribution in [0.25, 0.3) is 0 Å². The van der Waals surface area contributed by atoms with Crippen LogP contribution in [0.4, 0.5) is 0 Å². The zero-order valence-electron chi connectivity index (χ0n) is 10.6. The highest BCUT2D eigenvalue weighted by Gasteiger charge is 2.21. The van der Waals surface area contributed by atoms with Gasteiger partial charge in [0.25, 0.3) is 0 Å². The summed E-state index contributed by atoms with van der Waals surface area (Å²) in [4.78, 5) is 0. The average Bonchev–Trinajstić information content (AvgIpc) is 2.62. The minimum atomic E-state index is -3.07. The Morgan fingerprint density at radius 2 is 2.06 bits per heavy atom. The molecule has 17 heavy (non-hydrogen) atoms. The van der Waals surface area contributed by atoms with Gasteiger partial charge in [-0.25, -0.2) is 8.42 Å². The lowest BCUT2D eigenvalue weighted by Gasteiger charge is -2.11. The number of hydrogen-bond donors (Lipinski definition) is 1. The minimum absolute atomic E-state index is 0.0271. The van der Waals surface area contributed by atoms with Gasteiger partial charge in [0.2, 0.25) is 0 Å². The molecule has 0 aliphatic heterocycles. The topological polar surface area (TPSA) is 85.1 Å². The van der Waals surface area contributed by atoms with Crippen molar-refractivity contribution in [1.29, 1.82) is 0 Å². The Morgan fingerprint density at radius 3 is 2.47 bits per heavy atom. The molecular formula is C10H19N3O3S. The Balaban J connectivity index is 2.69. The second-order valence-corrected chi connectivity index (χ2v) is 7.52. The van der Waals surface area contributed by atoms with Crippen LogP contribution in [0.3, 0.4) is 0 Å². The van der Waals surface area contributed by atoms with Crippen molar-refractivity contribution < 1.29 is 13.5 Å². The highest BCUT2D eigenvalue weighted by Crippen LogP contribution is 2.15. The lowest BCUT2D eigenvalue weighted by Crippen LogP contribution is -2.21. The Hall–Kier alpha value is -0.950. The second-order valence-electron chi connectivity index (χ2n) is 4.84. The van der Waals surface area contributed by atoms with Gasteiger partial charge >= 0.3 is 0 Å². The van der Waals surface area contributed by atoms with E-state index in [9.17, 15) is 13.5 Å². The molecule has 0 atom stereocenters. The first kappa shape index (κ1) is 14.1. The summed E-state index contributed by atoms with van der Waals surface area (Å²) >= 11 is 0. The molecule has 0 spiro atoms. The van der Waals surface area contributed by atoms with Gasteiger partial charge in [0, 0.05) is 0 Å².